The lowest BCUT2D eigenvalue weighted by Gasteiger charge is -2.09. The number of ether oxygens (including phenoxy) is 2. The van der Waals surface area contributed by atoms with Crippen LogP contribution < -0.4 is 4.74 Å². The van der Waals surface area contributed by atoms with Crippen molar-refractivity contribution in [2.45, 2.75) is 13.5 Å². The Balaban J connectivity index is 1.56. The van der Waals surface area contributed by atoms with E-state index in [0.717, 1.165) is 27.6 Å². The van der Waals surface area contributed by atoms with Gasteiger partial charge in [0, 0.05) is 11.8 Å². The molecule has 0 fully saturated rings. The Morgan fingerprint density at radius 3 is 2.55 bits per heavy atom. The molecule has 0 radical (unpaired) electrons. The fraction of sp³-hybridized carbons (Fsp3) is 0.125. The van der Waals surface area contributed by atoms with Crippen LogP contribution in [0.5, 0.6) is 5.75 Å². The Morgan fingerprint density at radius 1 is 0.931 bits per heavy atom. The second-order valence-electron chi connectivity index (χ2n) is 6.48. The average Bonchev–Trinajstić information content (AvgIpc) is 2.78. The summed E-state index contributed by atoms with van der Waals surface area (Å²) in [5.74, 6) is 0.855. The van der Waals surface area contributed by atoms with Gasteiger partial charge in [-0.1, -0.05) is 48.5 Å². The Hall–Kier alpha value is -3.73. The number of carbonyl (C=O) groups is 1. The minimum Gasteiger partial charge on any atom is -0.489 e. The lowest BCUT2D eigenvalue weighted by Crippen LogP contribution is -2.08. The highest BCUT2D eigenvalue weighted by Crippen LogP contribution is 2.26. The monoisotopic (exact) mass is 384 g/mol. The minimum atomic E-state index is -0.447. The summed E-state index contributed by atoms with van der Waals surface area (Å²) in [6, 6.07) is 23.5. The molecular formula is C24H20N2O3. The zero-order chi connectivity index (χ0) is 20.1. The molecule has 0 unspecified atom stereocenters. The van der Waals surface area contributed by atoms with Gasteiger partial charge in [-0.15, -0.1) is 0 Å². The van der Waals surface area contributed by atoms with Gasteiger partial charge in [-0.3, -0.25) is 0 Å². The van der Waals surface area contributed by atoms with E-state index >= 15 is 0 Å². The standard InChI is InChI=1S/C24H20N2O3/c1-2-28-24(27)22-12-13-25-23(26-22)20-9-8-19-15-21(11-10-18(19)14-20)29-16-17-6-4-3-5-7-17/h3-15H,2,16H2,1H3. The quantitative estimate of drug-likeness (QED) is 0.435. The summed E-state index contributed by atoms with van der Waals surface area (Å²) < 4.78 is 10.9. The molecule has 0 bridgehead atoms. The summed E-state index contributed by atoms with van der Waals surface area (Å²) in [6.07, 6.45) is 1.57. The van der Waals surface area contributed by atoms with Crippen molar-refractivity contribution in [3.63, 3.8) is 0 Å². The number of esters is 1. The molecule has 144 valence electrons. The van der Waals surface area contributed by atoms with E-state index in [9.17, 15) is 4.79 Å². The SMILES string of the molecule is CCOC(=O)c1ccnc(-c2ccc3cc(OCc4ccccc4)ccc3c2)n1. The van der Waals surface area contributed by atoms with E-state index in [1.165, 1.54) is 0 Å². The molecule has 0 amide bonds. The first kappa shape index (κ1) is 18.6. The van der Waals surface area contributed by atoms with E-state index in [1.807, 2.05) is 66.7 Å². The van der Waals surface area contributed by atoms with Gasteiger partial charge in [0.25, 0.3) is 0 Å². The normalized spacial score (nSPS) is 10.7. The van der Waals surface area contributed by atoms with Gasteiger partial charge in [0.05, 0.1) is 6.61 Å². The first-order chi connectivity index (χ1) is 14.2. The van der Waals surface area contributed by atoms with Gasteiger partial charge < -0.3 is 9.47 Å². The second kappa shape index (κ2) is 8.52. The van der Waals surface area contributed by atoms with Gasteiger partial charge >= 0.3 is 5.97 Å². The average molecular weight is 384 g/mol. The number of fused-ring (bicyclic) bond motifs is 1. The van der Waals surface area contributed by atoms with Crippen molar-refractivity contribution in [2.75, 3.05) is 6.61 Å². The molecule has 0 aliphatic carbocycles. The van der Waals surface area contributed by atoms with Crippen LogP contribution in [0.15, 0.2) is 79.0 Å². The highest BCUT2D eigenvalue weighted by atomic mass is 16.5. The zero-order valence-corrected chi connectivity index (χ0v) is 16.0. The molecule has 1 heterocycles. The molecule has 0 N–H and O–H groups in total. The molecule has 0 atom stereocenters. The number of hydrogen-bond acceptors (Lipinski definition) is 5. The molecule has 4 rings (SSSR count). The summed E-state index contributed by atoms with van der Waals surface area (Å²) in [7, 11) is 0. The molecular weight excluding hydrogens is 364 g/mol. The summed E-state index contributed by atoms with van der Waals surface area (Å²) in [5.41, 5.74) is 2.21. The van der Waals surface area contributed by atoms with Crippen molar-refractivity contribution in [1.82, 2.24) is 9.97 Å². The van der Waals surface area contributed by atoms with Crippen LogP contribution in [0.4, 0.5) is 0 Å². The Morgan fingerprint density at radius 2 is 1.72 bits per heavy atom. The zero-order valence-electron chi connectivity index (χ0n) is 16.0. The number of hydrogen-bond donors (Lipinski definition) is 0. The maximum atomic E-state index is 11.9. The van der Waals surface area contributed by atoms with Gasteiger partial charge in [-0.2, -0.15) is 0 Å². The van der Waals surface area contributed by atoms with Gasteiger partial charge in [0.15, 0.2) is 11.5 Å². The van der Waals surface area contributed by atoms with E-state index in [2.05, 4.69) is 9.97 Å². The van der Waals surface area contributed by atoms with Crippen molar-refractivity contribution in [2.24, 2.45) is 0 Å². The number of carbonyl (C=O) groups excluding carboxylic acids is 1. The highest BCUT2D eigenvalue weighted by Gasteiger charge is 2.11. The lowest BCUT2D eigenvalue weighted by molar-refractivity contribution is 0.0519. The topological polar surface area (TPSA) is 61.3 Å². The van der Waals surface area contributed by atoms with Crippen molar-refractivity contribution in [3.8, 4) is 17.1 Å². The van der Waals surface area contributed by atoms with Crippen LogP contribution in [0.1, 0.15) is 23.0 Å². The van der Waals surface area contributed by atoms with Gasteiger partial charge in [-0.05, 0) is 47.5 Å². The van der Waals surface area contributed by atoms with Gasteiger partial charge in [0.2, 0.25) is 0 Å². The highest BCUT2D eigenvalue weighted by molar-refractivity contribution is 5.89. The van der Waals surface area contributed by atoms with Crippen LogP contribution in [-0.2, 0) is 11.3 Å². The third kappa shape index (κ3) is 4.41. The van der Waals surface area contributed by atoms with E-state index in [4.69, 9.17) is 9.47 Å². The van der Waals surface area contributed by atoms with Crippen LogP contribution in [0.2, 0.25) is 0 Å². The number of nitrogens with zero attached hydrogens (tertiary/aromatic N) is 2. The summed E-state index contributed by atoms with van der Waals surface area (Å²) in [6.45, 7) is 2.60. The maximum Gasteiger partial charge on any atom is 0.357 e. The molecule has 5 heteroatoms. The predicted octanol–water partition coefficient (Wildman–Crippen LogP) is 5.05. The molecule has 3 aromatic carbocycles. The Bertz CT molecular complexity index is 1140. The minimum absolute atomic E-state index is 0.251. The number of rotatable bonds is 6. The first-order valence-corrected chi connectivity index (χ1v) is 9.44. The van der Waals surface area contributed by atoms with E-state index in [0.29, 0.717) is 19.0 Å². The molecule has 4 aromatic rings. The summed E-state index contributed by atoms with van der Waals surface area (Å²) in [5, 5.41) is 2.10. The lowest BCUT2D eigenvalue weighted by atomic mass is 10.1. The second-order valence-corrected chi connectivity index (χ2v) is 6.48. The van der Waals surface area contributed by atoms with E-state index in [-0.39, 0.29) is 5.69 Å². The third-order valence-corrected chi connectivity index (χ3v) is 4.46. The fourth-order valence-electron chi connectivity index (χ4n) is 3.01. The maximum absolute atomic E-state index is 11.9. The van der Waals surface area contributed by atoms with Crippen LogP contribution in [-0.4, -0.2) is 22.5 Å². The molecule has 29 heavy (non-hydrogen) atoms. The first-order valence-electron chi connectivity index (χ1n) is 9.44. The molecule has 1 aromatic heterocycles. The van der Waals surface area contributed by atoms with Crippen molar-refractivity contribution < 1.29 is 14.3 Å². The largest absolute Gasteiger partial charge is 0.489 e. The fourth-order valence-corrected chi connectivity index (χ4v) is 3.01. The number of aromatic nitrogens is 2. The van der Waals surface area contributed by atoms with Crippen molar-refractivity contribution >= 4 is 16.7 Å². The van der Waals surface area contributed by atoms with E-state index in [1.54, 1.807) is 19.2 Å². The van der Waals surface area contributed by atoms with Gasteiger partial charge in [0.1, 0.15) is 12.4 Å². The van der Waals surface area contributed by atoms with Crippen LogP contribution in [0, 0.1) is 0 Å². The smallest absolute Gasteiger partial charge is 0.357 e. The molecule has 0 aliphatic heterocycles. The molecule has 0 aliphatic rings. The Labute approximate surface area is 169 Å². The van der Waals surface area contributed by atoms with Crippen molar-refractivity contribution in [1.29, 1.82) is 0 Å². The Kier molecular flexibility index (Phi) is 5.47. The summed E-state index contributed by atoms with van der Waals surface area (Å²) in [4.78, 5) is 20.6. The number of benzene rings is 3. The van der Waals surface area contributed by atoms with Crippen LogP contribution in [0.25, 0.3) is 22.2 Å². The van der Waals surface area contributed by atoms with Crippen LogP contribution in [0.3, 0.4) is 0 Å². The van der Waals surface area contributed by atoms with E-state index < -0.39 is 5.97 Å². The summed E-state index contributed by atoms with van der Waals surface area (Å²) >= 11 is 0. The van der Waals surface area contributed by atoms with Crippen LogP contribution >= 0.6 is 0 Å². The molecule has 0 spiro atoms. The predicted molar refractivity (Wildman–Crippen MR) is 112 cm³/mol. The molecule has 0 saturated carbocycles. The van der Waals surface area contributed by atoms with Crippen molar-refractivity contribution in [3.05, 3.63) is 90.3 Å². The molecule has 0 saturated heterocycles. The third-order valence-electron chi connectivity index (χ3n) is 4.46. The molecule has 5 nitrogen and oxygen atoms in total. The van der Waals surface area contributed by atoms with Gasteiger partial charge in [-0.25, -0.2) is 14.8 Å².